The zero-order chi connectivity index (χ0) is 17.0. The average molecular weight is 311 g/mol. The summed E-state index contributed by atoms with van der Waals surface area (Å²) in [6, 6.07) is 0. The van der Waals surface area contributed by atoms with Crippen LogP contribution < -0.4 is 4.72 Å². The van der Waals surface area contributed by atoms with Crippen molar-refractivity contribution in [2.45, 2.75) is 54.9 Å². The summed E-state index contributed by atoms with van der Waals surface area (Å²) in [7, 11) is -1.08. The normalized spacial score (nSPS) is 9.90. The molecule has 0 aliphatic rings. The monoisotopic (exact) mass is 310 g/mol. The number of allylic oxidation sites excluding steroid dienone is 1. The van der Waals surface area contributed by atoms with Crippen molar-refractivity contribution >= 4 is 10.0 Å². The Hall–Kier alpha value is -0.390. The molecule has 0 saturated heterocycles. The number of nitrogens with one attached hydrogen (secondary N) is 1. The molecule has 0 atom stereocenters. The van der Waals surface area contributed by atoms with Gasteiger partial charge in [0.25, 0.3) is 0 Å². The molecular formula is C15H38N2O2S. The minimum absolute atomic E-state index is 0.468. The van der Waals surface area contributed by atoms with Gasteiger partial charge in [0.15, 0.2) is 0 Å². The van der Waals surface area contributed by atoms with Crippen LogP contribution in [0.4, 0.5) is 0 Å². The molecule has 0 bridgehead atoms. The first-order chi connectivity index (χ1) is 9.45. The van der Waals surface area contributed by atoms with Crippen LogP contribution in [0.5, 0.6) is 0 Å². The summed E-state index contributed by atoms with van der Waals surface area (Å²) in [5, 5.41) is 0. The maximum absolute atomic E-state index is 10.7. The Balaban J connectivity index is -0.000000187. The summed E-state index contributed by atoms with van der Waals surface area (Å²) in [6.45, 7) is 16.1. The first-order valence-electron chi connectivity index (χ1n) is 7.74. The summed E-state index contributed by atoms with van der Waals surface area (Å²) >= 11 is 0. The molecule has 0 aliphatic carbocycles. The molecule has 0 heterocycles. The van der Waals surface area contributed by atoms with Crippen molar-refractivity contribution in [1.29, 1.82) is 0 Å². The average Bonchev–Trinajstić information content (AvgIpc) is 2.44. The quantitative estimate of drug-likeness (QED) is 0.732. The van der Waals surface area contributed by atoms with Gasteiger partial charge in [-0.15, -0.1) is 0 Å². The van der Waals surface area contributed by atoms with Crippen molar-refractivity contribution in [1.82, 2.24) is 9.62 Å². The number of sulfonamides is 1. The molecule has 0 amide bonds. The smallest absolute Gasteiger partial charge is 0.208 e. The van der Waals surface area contributed by atoms with Gasteiger partial charge in [-0.3, -0.25) is 0 Å². The van der Waals surface area contributed by atoms with Gasteiger partial charge in [0, 0.05) is 19.6 Å². The van der Waals surface area contributed by atoms with E-state index in [9.17, 15) is 8.42 Å². The molecule has 4 nitrogen and oxygen atoms in total. The van der Waals surface area contributed by atoms with Gasteiger partial charge in [-0.05, 0) is 13.5 Å². The van der Waals surface area contributed by atoms with Crippen LogP contribution in [0, 0.1) is 0 Å². The molecule has 0 radical (unpaired) electrons. The minimum Gasteiger partial charge on any atom is -0.301 e. The Bertz CT molecular complexity index is 263. The second-order valence-electron chi connectivity index (χ2n) is 3.31. The summed E-state index contributed by atoms with van der Waals surface area (Å²) in [5.74, 6) is 0. The summed E-state index contributed by atoms with van der Waals surface area (Å²) in [4.78, 5) is 2.06. The highest BCUT2D eigenvalue weighted by molar-refractivity contribution is 7.88. The zero-order valence-electron chi connectivity index (χ0n) is 15.2. The number of hydrogen-bond donors (Lipinski definition) is 1. The third-order valence-corrected chi connectivity index (χ3v) is 2.41. The fraction of sp³-hybridized carbons (Fsp3) is 0.867. The molecule has 0 aromatic heterocycles. The van der Waals surface area contributed by atoms with Crippen molar-refractivity contribution in [3.8, 4) is 0 Å². The fourth-order valence-corrected chi connectivity index (χ4v) is 1.40. The lowest BCUT2D eigenvalue weighted by molar-refractivity contribution is 0.375. The van der Waals surface area contributed by atoms with Gasteiger partial charge in [0.05, 0.1) is 6.26 Å². The highest BCUT2D eigenvalue weighted by Gasteiger charge is 2.00. The number of hydrogen-bond acceptors (Lipinski definition) is 3. The SMILES string of the molecule is CC.CC.CC.CC/C=C/CN(C)CCNS(C)(=O)=O. The molecule has 0 spiro atoms. The van der Waals surface area contributed by atoms with E-state index in [2.05, 4.69) is 28.7 Å². The van der Waals surface area contributed by atoms with Crippen LogP contribution in [0.2, 0.25) is 0 Å². The van der Waals surface area contributed by atoms with Crippen LogP contribution in [0.15, 0.2) is 12.2 Å². The molecular weight excluding hydrogens is 272 g/mol. The van der Waals surface area contributed by atoms with Crippen LogP contribution in [0.1, 0.15) is 54.9 Å². The third-order valence-electron chi connectivity index (χ3n) is 1.68. The van der Waals surface area contributed by atoms with E-state index in [1.165, 1.54) is 6.26 Å². The van der Waals surface area contributed by atoms with E-state index in [1.807, 2.05) is 48.6 Å². The highest BCUT2D eigenvalue weighted by atomic mass is 32.2. The van der Waals surface area contributed by atoms with Gasteiger partial charge in [0.2, 0.25) is 10.0 Å². The second-order valence-corrected chi connectivity index (χ2v) is 5.14. The predicted octanol–water partition coefficient (Wildman–Crippen LogP) is 3.51. The van der Waals surface area contributed by atoms with Crippen molar-refractivity contribution in [3.05, 3.63) is 12.2 Å². The van der Waals surface area contributed by atoms with E-state index in [4.69, 9.17) is 0 Å². The first kappa shape index (κ1) is 27.9. The van der Waals surface area contributed by atoms with Crippen molar-refractivity contribution in [2.24, 2.45) is 0 Å². The number of nitrogens with zero attached hydrogens (tertiary/aromatic N) is 1. The lowest BCUT2D eigenvalue weighted by atomic mass is 10.4. The maximum Gasteiger partial charge on any atom is 0.208 e. The Morgan fingerprint density at radius 1 is 1.00 bits per heavy atom. The first-order valence-corrected chi connectivity index (χ1v) is 9.63. The van der Waals surface area contributed by atoms with Crippen LogP contribution in [-0.2, 0) is 10.0 Å². The lowest BCUT2D eigenvalue weighted by Crippen LogP contribution is -2.32. The van der Waals surface area contributed by atoms with Gasteiger partial charge >= 0.3 is 0 Å². The van der Waals surface area contributed by atoms with E-state index in [-0.39, 0.29) is 0 Å². The van der Waals surface area contributed by atoms with Crippen molar-refractivity contribution in [2.75, 3.05) is 32.9 Å². The zero-order valence-corrected chi connectivity index (χ0v) is 16.0. The Morgan fingerprint density at radius 2 is 1.45 bits per heavy atom. The largest absolute Gasteiger partial charge is 0.301 e. The summed E-state index contributed by atoms with van der Waals surface area (Å²) < 4.78 is 23.9. The van der Waals surface area contributed by atoms with E-state index in [0.29, 0.717) is 6.54 Å². The summed E-state index contributed by atoms with van der Waals surface area (Å²) in [5.41, 5.74) is 0. The Morgan fingerprint density at radius 3 is 1.80 bits per heavy atom. The summed E-state index contributed by atoms with van der Waals surface area (Å²) in [6.07, 6.45) is 6.39. The topological polar surface area (TPSA) is 49.4 Å². The van der Waals surface area contributed by atoms with E-state index in [1.54, 1.807) is 0 Å². The van der Waals surface area contributed by atoms with Gasteiger partial charge < -0.3 is 4.90 Å². The Labute approximate surface area is 128 Å². The van der Waals surface area contributed by atoms with Crippen LogP contribution >= 0.6 is 0 Å². The molecule has 126 valence electrons. The molecule has 0 unspecified atom stereocenters. The van der Waals surface area contributed by atoms with E-state index < -0.39 is 10.0 Å². The number of rotatable bonds is 7. The molecule has 1 N–H and O–H groups in total. The second kappa shape index (κ2) is 23.7. The Kier molecular flexibility index (Phi) is 33.0. The molecule has 0 saturated carbocycles. The standard InChI is InChI=1S/C9H20N2O2S.3C2H6/c1-4-5-6-8-11(2)9-7-10-14(3,12)13;3*1-2/h5-6,10H,4,7-9H2,1-3H3;3*1-2H3/b6-5+;;;. The maximum atomic E-state index is 10.7. The predicted molar refractivity (Wildman–Crippen MR) is 93.8 cm³/mol. The molecule has 0 aromatic rings. The van der Waals surface area contributed by atoms with Gasteiger partial charge in [-0.2, -0.15) is 0 Å². The molecule has 5 heteroatoms. The fourth-order valence-electron chi connectivity index (χ4n) is 0.934. The van der Waals surface area contributed by atoms with Gasteiger partial charge in [0.1, 0.15) is 0 Å². The van der Waals surface area contributed by atoms with Gasteiger partial charge in [-0.25, -0.2) is 13.1 Å². The third kappa shape index (κ3) is 36.0. The highest BCUT2D eigenvalue weighted by Crippen LogP contribution is 1.85. The van der Waals surface area contributed by atoms with Crippen molar-refractivity contribution in [3.63, 3.8) is 0 Å². The number of likely N-dealkylation sites (N-methyl/N-ethyl adjacent to an activating group) is 1. The lowest BCUT2D eigenvalue weighted by Gasteiger charge is -2.13. The van der Waals surface area contributed by atoms with Crippen LogP contribution in [0.3, 0.4) is 0 Å². The van der Waals surface area contributed by atoms with E-state index in [0.717, 1.165) is 19.5 Å². The molecule has 20 heavy (non-hydrogen) atoms. The molecule has 0 aliphatic heterocycles. The van der Waals surface area contributed by atoms with Gasteiger partial charge in [-0.1, -0.05) is 60.6 Å². The van der Waals surface area contributed by atoms with Crippen LogP contribution in [0.25, 0.3) is 0 Å². The van der Waals surface area contributed by atoms with E-state index >= 15 is 0 Å². The molecule has 0 fully saturated rings. The molecule has 0 rings (SSSR count). The van der Waals surface area contributed by atoms with Crippen molar-refractivity contribution < 1.29 is 8.42 Å². The molecule has 0 aromatic carbocycles. The van der Waals surface area contributed by atoms with Crippen LogP contribution in [-0.4, -0.2) is 46.3 Å². The minimum atomic E-state index is -3.04.